The van der Waals surface area contributed by atoms with E-state index in [9.17, 15) is 10.5 Å². The van der Waals surface area contributed by atoms with E-state index < -0.39 is 0 Å². The predicted octanol–water partition coefficient (Wildman–Crippen LogP) is 26.5. The summed E-state index contributed by atoms with van der Waals surface area (Å²) in [6.45, 7) is -0.197. The van der Waals surface area contributed by atoms with E-state index in [1.54, 1.807) is 0 Å². The summed E-state index contributed by atoms with van der Waals surface area (Å²) in [5.41, 5.74) is 35.3. The van der Waals surface area contributed by atoms with Crippen LogP contribution in [0.4, 0.5) is 34.1 Å². The zero-order valence-corrected chi connectivity index (χ0v) is 64.0. The van der Waals surface area contributed by atoms with Crippen LogP contribution in [0.1, 0.15) is 11.1 Å². The summed E-state index contributed by atoms with van der Waals surface area (Å²) >= 11 is 0. The molecule has 0 radical (unpaired) electrons. The Bertz CT molecular complexity index is 7450. The van der Waals surface area contributed by atoms with Gasteiger partial charge in [-0.1, -0.05) is 273 Å². The minimum atomic E-state index is -0.197. The fraction of sp³-hybridized carbons (Fsp3) is 0. The summed E-state index contributed by atoms with van der Waals surface area (Å²) < 4.78 is 7.15. The van der Waals surface area contributed by atoms with Gasteiger partial charge in [0.1, 0.15) is 0 Å². The summed E-state index contributed by atoms with van der Waals surface area (Å²) in [6, 6.07) is 155. The van der Waals surface area contributed by atoms with Crippen LogP contribution in [0.15, 0.2) is 413 Å². The number of benzene rings is 18. The van der Waals surface area contributed by atoms with Crippen LogP contribution in [0, 0.1) is 22.7 Å². The second kappa shape index (κ2) is 27.4. The fourth-order valence-electron chi connectivity index (χ4n) is 19.2. The lowest BCUT2D eigenvalue weighted by Gasteiger charge is -2.44. The fourth-order valence-corrected chi connectivity index (χ4v) is 19.2. The number of aromatic nitrogens is 3. The van der Waals surface area contributed by atoms with Crippen molar-refractivity contribution in [1.82, 2.24) is 13.7 Å². The first kappa shape index (κ1) is 67.7. The highest BCUT2D eigenvalue weighted by molar-refractivity contribution is 7.00. The number of nitrogens with zero attached hydrogens (tertiary/aromatic N) is 7. The molecule has 7 nitrogen and oxygen atoms in total. The molecule has 21 aromatic rings. The molecule has 0 bridgehead atoms. The number of nitriles is 2. The molecule has 0 fully saturated rings. The van der Waals surface area contributed by atoms with Crippen molar-refractivity contribution >= 4 is 123 Å². The first-order chi connectivity index (χ1) is 58.4. The van der Waals surface area contributed by atoms with Crippen molar-refractivity contribution in [2.45, 2.75) is 0 Å². The first-order valence-electron chi connectivity index (χ1n) is 40.2. The Morgan fingerprint density at radius 1 is 0.195 bits per heavy atom. The molecule has 18 aromatic carbocycles. The van der Waals surface area contributed by atoms with Gasteiger partial charge in [-0.3, -0.25) is 0 Å². The molecular weight excluding hydrogens is 1430 g/mol. The molecule has 0 amide bonds. The topological polar surface area (TPSA) is 68.8 Å². The second-order valence-corrected chi connectivity index (χ2v) is 30.9. The van der Waals surface area contributed by atoms with E-state index in [1.165, 1.54) is 16.4 Å². The van der Waals surface area contributed by atoms with Gasteiger partial charge in [0.05, 0.1) is 73.4 Å². The van der Waals surface area contributed by atoms with E-state index in [0.717, 1.165) is 194 Å². The van der Waals surface area contributed by atoms with Gasteiger partial charge in [-0.05, 0) is 217 Å². The van der Waals surface area contributed by atoms with E-state index in [1.807, 2.05) is 18.2 Å². The summed E-state index contributed by atoms with van der Waals surface area (Å²) in [5, 5.41) is 28.8. The molecule has 0 N–H and O–H groups in total. The van der Waals surface area contributed by atoms with Crippen LogP contribution in [-0.2, 0) is 0 Å². The van der Waals surface area contributed by atoms with E-state index in [2.05, 4.69) is 430 Å². The van der Waals surface area contributed by atoms with Crippen LogP contribution in [0.2, 0.25) is 0 Å². The molecule has 23 rings (SSSR count). The third-order valence-corrected chi connectivity index (χ3v) is 24.5. The number of hydrogen-bond acceptors (Lipinski definition) is 4. The van der Waals surface area contributed by atoms with Gasteiger partial charge in [-0.2, -0.15) is 10.5 Å². The predicted molar refractivity (Wildman–Crippen MR) is 491 cm³/mol. The van der Waals surface area contributed by atoms with Gasteiger partial charge in [-0.25, -0.2) is 0 Å². The van der Waals surface area contributed by atoms with Crippen LogP contribution in [0.5, 0.6) is 0 Å². The highest BCUT2D eigenvalue weighted by atomic mass is 15.2. The quantitative estimate of drug-likeness (QED) is 0.114. The molecule has 5 heterocycles. The van der Waals surface area contributed by atoms with Crippen molar-refractivity contribution in [3.8, 4) is 107 Å². The maximum atomic E-state index is 11.2. The number of hydrogen-bond donors (Lipinski definition) is 0. The molecule has 2 aliphatic heterocycles. The zero-order chi connectivity index (χ0) is 78.1. The third-order valence-electron chi connectivity index (χ3n) is 24.5. The molecule has 3 aromatic heterocycles. The molecular formula is C110H68BN7. The van der Waals surface area contributed by atoms with Crippen molar-refractivity contribution in [3.05, 3.63) is 424 Å². The molecule has 546 valence electrons. The minimum Gasteiger partial charge on any atom is -0.311 e. The van der Waals surface area contributed by atoms with Crippen molar-refractivity contribution in [2.75, 3.05) is 9.80 Å². The Labute approximate surface area is 682 Å². The summed E-state index contributed by atoms with van der Waals surface area (Å²) in [7, 11) is 0. The summed E-state index contributed by atoms with van der Waals surface area (Å²) in [5.74, 6) is 0. The normalized spacial score (nSPS) is 12.2. The molecule has 118 heavy (non-hydrogen) atoms. The summed E-state index contributed by atoms with van der Waals surface area (Å²) in [6.07, 6.45) is 0. The molecule has 8 heteroatoms. The van der Waals surface area contributed by atoms with E-state index in [0.29, 0.717) is 11.1 Å². The van der Waals surface area contributed by atoms with Gasteiger partial charge < -0.3 is 23.5 Å². The maximum Gasteiger partial charge on any atom is 0.252 e. The second-order valence-electron chi connectivity index (χ2n) is 30.9. The van der Waals surface area contributed by atoms with Gasteiger partial charge in [-0.15, -0.1) is 0 Å². The Kier molecular flexibility index (Phi) is 15.7. The lowest BCUT2D eigenvalue weighted by Crippen LogP contribution is -2.61. The van der Waals surface area contributed by atoms with Crippen molar-refractivity contribution < 1.29 is 0 Å². The Balaban J connectivity index is 0.777. The Morgan fingerprint density at radius 2 is 0.492 bits per heavy atom. The van der Waals surface area contributed by atoms with Crippen LogP contribution in [-0.4, -0.2) is 20.4 Å². The van der Waals surface area contributed by atoms with Crippen LogP contribution in [0.3, 0.4) is 0 Å². The lowest BCUT2D eigenvalue weighted by atomic mass is 9.33. The van der Waals surface area contributed by atoms with Gasteiger partial charge in [0.25, 0.3) is 6.71 Å². The highest BCUT2D eigenvalue weighted by Crippen LogP contribution is 2.51. The molecule has 0 saturated carbocycles. The van der Waals surface area contributed by atoms with Crippen molar-refractivity contribution in [3.63, 3.8) is 0 Å². The molecule has 0 unspecified atom stereocenters. The number of fused-ring (bicyclic) bond motifs is 13. The largest absolute Gasteiger partial charge is 0.311 e. The van der Waals surface area contributed by atoms with Crippen molar-refractivity contribution in [1.29, 1.82) is 10.5 Å². The minimum absolute atomic E-state index is 0.197. The van der Waals surface area contributed by atoms with Crippen LogP contribution >= 0.6 is 0 Å². The smallest absolute Gasteiger partial charge is 0.252 e. The van der Waals surface area contributed by atoms with E-state index in [4.69, 9.17) is 0 Å². The summed E-state index contributed by atoms with van der Waals surface area (Å²) in [4.78, 5) is 5.07. The standard InChI is InChI=1S/C110H68BN7/c112-69-71-41-55-102(116-97-36-18-13-31-86(97)87-32-14-19-37-98(87)116)91(61-71)82-50-58-105(94(64-82)92-62-72(70-113)42-56-103(92)117-99-38-20-15-33-88(99)89-34-16-21-39-100(89)117)118-101-40-22-17-35-90(101)93-63-79(47-57-104(93)118)83-67-108-110-109(68-83)115(85-53-45-78(46-54-85)74-25-7-2-8-26-74)107-60-49-81(76-29-11-4-12-30-76)66-96(107)111(110)95-65-80(75-27-9-3-10-28-75)48-59-106(95)114(108)84-51-43-77(44-52-84)73-23-5-1-6-24-73/h1-68H. The number of para-hydroxylation sites is 5. The average molecular weight is 1500 g/mol. The van der Waals surface area contributed by atoms with E-state index >= 15 is 0 Å². The van der Waals surface area contributed by atoms with Crippen LogP contribution < -0.4 is 26.2 Å². The number of rotatable bonds is 12. The van der Waals surface area contributed by atoms with Gasteiger partial charge in [0, 0.05) is 83.1 Å². The molecule has 0 atom stereocenters. The lowest BCUT2D eigenvalue weighted by molar-refractivity contribution is 1.16. The van der Waals surface area contributed by atoms with Crippen molar-refractivity contribution in [2.24, 2.45) is 0 Å². The molecule has 2 aliphatic rings. The molecule has 0 saturated heterocycles. The Morgan fingerprint density at radius 3 is 0.907 bits per heavy atom. The molecule has 0 aliphatic carbocycles. The average Bonchev–Trinajstić information content (AvgIpc) is 0.868. The SMILES string of the molecule is N#Cc1ccc(-n2c3ccccc3c3ccccc32)c(-c2ccc(-n3c4ccccc4c4cc(-c5cc6c7c(c5)N(c5ccc(-c8ccccc8)cc5)c5ccc(-c8ccccc8)cc5B7c5cc(-c7ccccc7)ccc5N6c5ccc(-c6ccccc6)cc5)ccc43)c(-c3cc(C#N)ccc3-n3c4ccccc4c4ccccc43)c2)c1. The monoisotopic (exact) mass is 1500 g/mol. The number of anilines is 6. The third kappa shape index (κ3) is 10.8. The zero-order valence-electron chi connectivity index (χ0n) is 64.0. The van der Waals surface area contributed by atoms with Gasteiger partial charge >= 0.3 is 0 Å². The molecule has 0 spiro atoms. The first-order valence-corrected chi connectivity index (χ1v) is 40.2. The maximum absolute atomic E-state index is 11.2. The van der Waals surface area contributed by atoms with E-state index in [-0.39, 0.29) is 6.71 Å². The van der Waals surface area contributed by atoms with Gasteiger partial charge in [0.15, 0.2) is 0 Å². The highest BCUT2D eigenvalue weighted by Gasteiger charge is 2.44. The van der Waals surface area contributed by atoms with Gasteiger partial charge in [0.2, 0.25) is 0 Å². The van der Waals surface area contributed by atoms with Crippen LogP contribution in [0.25, 0.3) is 160 Å². The Hall–Kier alpha value is -16.0.